The fourth-order valence-electron chi connectivity index (χ4n) is 1.87. The predicted molar refractivity (Wildman–Crippen MR) is 67.4 cm³/mol. The zero-order valence-corrected chi connectivity index (χ0v) is 10.1. The van der Waals surface area contributed by atoms with Crippen LogP contribution >= 0.6 is 0 Å². The van der Waals surface area contributed by atoms with Gasteiger partial charge in [-0.25, -0.2) is 13.8 Å². The summed E-state index contributed by atoms with van der Waals surface area (Å²) in [5, 5.41) is 6.91. The lowest BCUT2D eigenvalue weighted by molar-refractivity contribution is 0.511. The van der Waals surface area contributed by atoms with E-state index in [4.69, 9.17) is 0 Å². The van der Waals surface area contributed by atoms with Gasteiger partial charge in [0.2, 0.25) is 0 Å². The van der Waals surface area contributed by atoms with Crippen molar-refractivity contribution < 1.29 is 8.78 Å². The Labute approximate surface area is 107 Å². The molecule has 0 aliphatic rings. The quantitative estimate of drug-likeness (QED) is 0.770. The molecule has 0 bridgehead atoms. The first kappa shape index (κ1) is 11.6. The number of aromatic nitrogens is 3. The maximum atomic E-state index is 13.6. The van der Waals surface area contributed by atoms with E-state index in [1.807, 2.05) is 6.92 Å². The molecule has 0 unspecified atom stereocenters. The van der Waals surface area contributed by atoms with Crippen molar-refractivity contribution in [1.29, 1.82) is 0 Å². The van der Waals surface area contributed by atoms with Gasteiger partial charge < -0.3 is 5.32 Å². The van der Waals surface area contributed by atoms with Gasteiger partial charge in [-0.2, -0.15) is 9.61 Å². The first-order chi connectivity index (χ1) is 9.15. The zero-order chi connectivity index (χ0) is 13.4. The maximum Gasteiger partial charge on any atom is 0.182 e. The lowest BCUT2D eigenvalue weighted by Gasteiger charge is -2.10. The molecule has 1 aromatic carbocycles. The van der Waals surface area contributed by atoms with E-state index in [1.165, 1.54) is 16.6 Å². The summed E-state index contributed by atoms with van der Waals surface area (Å²) in [6, 6.07) is 7.42. The summed E-state index contributed by atoms with van der Waals surface area (Å²) in [5.41, 5.74) is 1.45. The van der Waals surface area contributed by atoms with Crippen LogP contribution in [0.5, 0.6) is 0 Å². The lowest BCUT2D eigenvalue weighted by atomic mass is 10.3. The van der Waals surface area contributed by atoms with Crippen LogP contribution in [0.2, 0.25) is 0 Å². The number of anilines is 2. The van der Waals surface area contributed by atoms with E-state index in [1.54, 1.807) is 18.3 Å². The smallest absolute Gasteiger partial charge is 0.182 e. The van der Waals surface area contributed by atoms with E-state index in [0.29, 0.717) is 11.5 Å². The number of hydrogen-bond acceptors (Lipinski definition) is 3. The van der Waals surface area contributed by atoms with Crippen molar-refractivity contribution in [3.8, 4) is 0 Å². The summed E-state index contributed by atoms with van der Waals surface area (Å²) in [6.07, 6.45) is 1.59. The number of nitrogens with one attached hydrogen (secondary N) is 1. The molecule has 3 rings (SSSR count). The SMILES string of the molecule is Cc1cc(Nc2cccc(F)c2F)n2nccc2n1. The molecule has 0 amide bonds. The van der Waals surface area contributed by atoms with Crippen molar-refractivity contribution >= 4 is 17.2 Å². The van der Waals surface area contributed by atoms with Crippen molar-refractivity contribution in [3.05, 3.63) is 53.9 Å². The molecule has 0 saturated carbocycles. The highest BCUT2D eigenvalue weighted by molar-refractivity contribution is 5.60. The molecule has 96 valence electrons. The van der Waals surface area contributed by atoms with Gasteiger partial charge in [0.25, 0.3) is 0 Å². The maximum absolute atomic E-state index is 13.6. The lowest BCUT2D eigenvalue weighted by Crippen LogP contribution is -2.04. The Morgan fingerprint density at radius 1 is 1.21 bits per heavy atom. The van der Waals surface area contributed by atoms with Gasteiger partial charge in [-0.1, -0.05) is 6.07 Å². The minimum absolute atomic E-state index is 0.0578. The summed E-state index contributed by atoms with van der Waals surface area (Å²) in [4.78, 5) is 4.27. The topological polar surface area (TPSA) is 42.2 Å². The van der Waals surface area contributed by atoms with Gasteiger partial charge in [-0.15, -0.1) is 0 Å². The minimum atomic E-state index is -0.919. The molecular formula is C13H10F2N4. The molecule has 0 spiro atoms. The average Bonchev–Trinajstić information content (AvgIpc) is 2.83. The van der Waals surface area contributed by atoms with Crippen LogP contribution in [-0.2, 0) is 0 Å². The molecule has 2 heterocycles. The second kappa shape index (κ2) is 4.31. The van der Waals surface area contributed by atoms with E-state index in [2.05, 4.69) is 15.4 Å². The number of benzene rings is 1. The molecule has 6 heteroatoms. The number of nitrogens with zero attached hydrogens (tertiary/aromatic N) is 3. The number of fused-ring (bicyclic) bond motifs is 1. The number of hydrogen-bond donors (Lipinski definition) is 1. The third-order valence-electron chi connectivity index (χ3n) is 2.70. The monoisotopic (exact) mass is 260 g/mol. The highest BCUT2D eigenvalue weighted by atomic mass is 19.2. The highest BCUT2D eigenvalue weighted by Gasteiger charge is 2.10. The van der Waals surface area contributed by atoms with Gasteiger partial charge >= 0.3 is 0 Å². The molecule has 0 aliphatic heterocycles. The summed E-state index contributed by atoms with van der Waals surface area (Å²) in [7, 11) is 0. The van der Waals surface area contributed by atoms with Gasteiger partial charge in [-0.05, 0) is 19.1 Å². The van der Waals surface area contributed by atoms with Gasteiger partial charge in [-0.3, -0.25) is 0 Å². The molecule has 19 heavy (non-hydrogen) atoms. The molecule has 1 N–H and O–H groups in total. The first-order valence-electron chi connectivity index (χ1n) is 5.67. The number of rotatable bonds is 2. The third-order valence-corrected chi connectivity index (χ3v) is 2.70. The molecule has 0 radical (unpaired) electrons. The molecule has 0 aliphatic carbocycles. The summed E-state index contributed by atoms with van der Waals surface area (Å²) in [6.45, 7) is 1.82. The molecule has 0 fully saturated rings. The molecule has 2 aromatic heterocycles. The van der Waals surface area contributed by atoms with Crippen LogP contribution < -0.4 is 5.32 Å². The van der Waals surface area contributed by atoms with E-state index >= 15 is 0 Å². The molecule has 4 nitrogen and oxygen atoms in total. The predicted octanol–water partition coefficient (Wildman–Crippen LogP) is 3.06. The Hall–Kier alpha value is -2.50. The van der Waals surface area contributed by atoms with E-state index < -0.39 is 11.6 Å². The van der Waals surface area contributed by atoms with Gasteiger partial charge in [0.15, 0.2) is 17.3 Å². The normalized spacial score (nSPS) is 10.9. The van der Waals surface area contributed by atoms with Crippen molar-refractivity contribution in [2.45, 2.75) is 6.92 Å². The minimum Gasteiger partial charge on any atom is -0.338 e. The largest absolute Gasteiger partial charge is 0.338 e. The van der Waals surface area contributed by atoms with Crippen LogP contribution in [0.4, 0.5) is 20.3 Å². The number of aryl methyl sites for hydroxylation is 1. The Morgan fingerprint density at radius 3 is 2.89 bits per heavy atom. The van der Waals surface area contributed by atoms with E-state index in [-0.39, 0.29) is 5.69 Å². The van der Waals surface area contributed by atoms with Crippen LogP contribution in [0.3, 0.4) is 0 Å². The molecular weight excluding hydrogens is 250 g/mol. The number of halogens is 2. The molecule has 0 atom stereocenters. The van der Waals surface area contributed by atoms with E-state index in [9.17, 15) is 8.78 Å². The van der Waals surface area contributed by atoms with Crippen molar-refractivity contribution in [2.24, 2.45) is 0 Å². The second-order valence-electron chi connectivity index (χ2n) is 4.11. The Bertz CT molecular complexity index is 751. The fourth-order valence-corrected chi connectivity index (χ4v) is 1.87. The Balaban J connectivity index is 2.10. The average molecular weight is 260 g/mol. The van der Waals surface area contributed by atoms with Gasteiger partial charge in [0.1, 0.15) is 5.82 Å². The van der Waals surface area contributed by atoms with Crippen LogP contribution in [0.25, 0.3) is 5.65 Å². The van der Waals surface area contributed by atoms with Gasteiger partial charge in [0, 0.05) is 17.8 Å². The summed E-state index contributed by atoms with van der Waals surface area (Å²) in [5.74, 6) is -1.29. The third kappa shape index (κ3) is 2.01. The van der Waals surface area contributed by atoms with Crippen molar-refractivity contribution in [2.75, 3.05) is 5.32 Å². The fraction of sp³-hybridized carbons (Fsp3) is 0.0769. The standard InChI is InChI=1S/C13H10F2N4/c1-8-7-12(19-11(17-8)5-6-16-19)18-10-4-2-3-9(14)13(10)15/h2-7,18H,1H3. The second-order valence-corrected chi connectivity index (χ2v) is 4.11. The van der Waals surface area contributed by atoms with Crippen LogP contribution in [0, 0.1) is 18.6 Å². The van der Waals surface area contributed by atoms with Crippen molar-refractivity contribution in [1.82, 2.24) is 14.6 Å². The first-order valence-corrected chi connectivity index (χ1v) is 5.67. The Kier molecular flexibility index (Phi) is 2.63. The Morgan fingerprint density at radius 2 is 2.05 bits per heavy atom. The highest BCUT2D eigenvalue weighted by Crippen LogP contribution is 2.22. The molecule has 3 aromatic rings. The van der Waals surface area contributed by atoms with E-state index in [0.717, 1.165) is 11.8 Å². The zero-order valence-electron chi connectivity index (χ0n) is 10.1. The van der Waals surface area contributed by atoms with Crippen LogP contribution in [0.15, 0.2) is 36.5 Å². The van der Waals surface area contributed by atoms with Crippen LogP contribution in [-0.4, -0.2) is 14.6 Å². The molecule has 0 saturated heterocycles. The van der Waals surface area contributed by atoms with Gasteiger partial charge in [0.05, 0.1) is 11.9 Å². The summed E-state index contributed by atoms with van der Waals surface area (Å²) >= 11 is 0. The van der Waals surface area contributed by atoms with Crippen molar-refractivity contribution in [3.63, 3.8) is 0 Å². The summed E-state index contributed by atoms with van der Waals surface area (Å²) < 4.78 is 28.3. The van der Waals surface area contributed by atoms with Crippen LogP contribution in [0.1, 0.15) is 5.69 Å².